The van der Waals surface area contributed by atoms with Gasteiger partial charge >= 0.3 is 5.97 Å². The Morgan fingerprint density at radius 1 is 1.61 bits per heavy atom. The van der Waals surface area contributed by atoms with Gasteiger partial charge in [0, 0.05) is 13.2 Å². The van der Waals surface area contributed by atoms with E-state index in [0.717, 1.165) is 12.8 Å². The van der Waals surface area contributed by atoms with Crippen molar-refractivity contribution in [2.75, 3.05) is 18.5 Å². The van der Waals surface area contributed by atoms with Crippen molar-refractivity contribution in [2.45, 2.75) is 25.4 Å². The van der Waals surface area contributed by atoms with E-state index in [-0.39, 0.29) is 16.9 Å². The van der Waals surface area contributed by atoms with Crippen molar-refractivity contribution in [3.8, 4) is 0 Å². The molecule has 0 spiro atoms. The molecule has 1 aromatic carbocycles. The summed E-state index contributed by atoms with van der Waals surface area (Å²) in [5.74, 6) is -1.70. The first-order chi connectivity index (χ1) is 8.52. The summed E-state index contributed by atoms with van der Waals surface area (Å²) in [7, 11) is 0. The summed E-state index contributed by atoms with van der Waals surface area (Å²) in [5, 5.41) is 11.9. The molecule has 0 saturated carbocycles. The van der Waals surface area contributed by atoms with Crippen molar-refractivity contribution in [1.29, 1.82) is 0 Å². The van der Waals surface area contributed by atoms with Crippen LogP contribution in [0.4, 0.5) is 10.1 Å². The van der Waals surface area contributed by atoms with Crippen LogP contribution in [0.1, 0.15) is 30.1 Å². The number of hydrogen-bond acceptors (Lipinski definition) is 3. The molecule has 1 atom stereocenters. The molecule has 5 heteroatoms. The molecule has 2 rings (SSSR count). The van der Waals surface area contributed by atoms with Gasteiger partial charge in [0.2, 0.25) is 0 Å². The third-order valence-corrected chi connectivity index (χ3v) is 3.18. The van der Waals surface area contributed by atoms with Crippen molar-refractivity contribution in [3.05, 3.63) is 29.6 Å². The summed E-state index contributed by atoms with van der Waals surface area (Å²) in [4.78, 5) is 11.0. The molecule has 1 aliphatic heterocycles. The molecule has 0 radical (unpaired) electrons. The summed E-state index contributed by atoms with van der Waals surface area (Å²) in [5.41, 5.74) is -0.378. The zero-order valence-electron chi connectivity index (χ0n) is 10.2. The number of para-hydroxylation sites is 1. The molecular formula is C13H16FNO3. The molecule has 18 heavy (non-hydrogen) atoms. The number of hydrogen-bond donors (Lipinski definition) is 2. The second-order valence-corrected chi connectivity index (χ2v) is 4.72. The molecule has 1 unspecified atom stereocenters. The van der Waals surface area contributed by atoms with Crippen LogP contribution in [0.25, 0.3) is 0 Å². The Morgan fingerprint density at radius 3 is 3.00 bits per heavy atom. The minimum atomic E-state index is -1.14. The van der Waals surface area contributed by atoms with Crippen molar-refractivity contribution >= 4 is 11.7 Å². The maximum atomic E-state index is 13.6. The first-order valence-corrected chi connectivity index (χ1v) is 5.91. The lowest BCUT2D eigenvalue weighted by molar-refractivity contribution is 0.0314. The largest absolute Gasteiger partial charge is 0.478 e. The summed E-state index contributed by atoms with van der Waals surface area (Å²) >= 11 is 0. The smallest absolute Gasteiger partial charge is 0.337 e. The Balaban J connectivity index is 2.15. The van der Waals surface area contributed by atoms with E-state index in [0.29, 0.717) is 13.2 Å². The molecule has 98 valence electrons. The number of benzene rings is 1. The van der Waals surface area contributed by atoms with Gasteiger partial charge in [0.05, 0.1) is 16.9 Å². The average Bonchev–Trinajstić information content (AvgIpc) is 2.74. The molecule has 1 aromatic rings. The fraction of sp³-hybridized carbons (Fsp3) is 0.462. The van der Waals surface area contributed by atoms with Crippen LogP contribution in [0.3, 0.4) is 0 Å². The standard InChI is InChI=1S/C13H16FNO3/c1-13(6-3-7-18-13)8-15-11-9(12(16)17)4-2-5-10(11)14/h2,4-5,15H,3,6-8H2,1H3,(H,16,17). The first kappa shape index (κ1) is 12.8. The van der Waals surface area contributed by atoms with Gasteiger partial charge in [-0.25, -0.2) is 9.18 Å². The quantitative estimate of drug-likeness (QED) is 0.865. The molecule has 0 amide bonds. The number of nitrogens with one attached hydrogen (secondary N) is 1. The second kappa shape index (κ2) is 4.94. The highest BCUT2D eigenvalue weighted by Crippen LogP contribution is 2.27. The van der Waals surface area contributed by atoms with Crippen molar-refractivity contribution in [3.63, 3.8) is 0 Å². The lowest BCUT2D eigenvalue weighted by Crippen LogP contribution is -2.33. The van der Waals surface area contributed by atoms with E-state index in [9.17, 15) is 9.18 Å². The van der Waals surface area contributed by atoms with Gasteiger partial charge in [-0.05, 0) is 31.9 Å². The molecule has 1 saturated heterocycles. The average molecular weight is 253 g/mol. The lowest BCUT2D eigenvalue weighted by Gasteiger charge is -2.24. The Hall–Kier alpha value is -1.62. The van der Waals surface area contributed by atoms with Gasteiger partial charge in [-0.15, -0.1) is 0 Å². The van der Waals surface area contributed by atoms with E-state index in [1.54, 1.807) is 0 Å². The van der Waals surface area contributed by atoms with Crippen LogP contribution >= 0.6 is 0 Å². The van der Waals surface area contributed by atoms with Crippen molar-refractivity contribution in [1.82, 2.24) is 0 Å². The van der Waals surface area contributed by atoms with Gasteiger partial charge in [-0.3, -0.25) is 0 Å². The number of anilines is 1. The van der Waals surface area contributed by atoms with E-state index < -0.39 is 11.8 Å². The maximum absolute atomic E-state index is 13.6. The molecule has 1 fully saturated rings. The first-order valence-electron chi connectivity index (χ1n) is 5.91. The zero-order chi connectivity index (χ0) is 13.2. The number of aromatic carboxylic acids is 1. The Labute approximate surface area is 105 Å². The van der Waals surface area contributed by atoms with E-state index in [1.807, 2.05) is 6.92 Å². The summed E-state index contributed by atoms with van der Waals surface area (Å²) < 4.78 is 19.2. The summed E-state index contributed by atoms with van der Waals surface area (Å²) in [6, 6.07) is 4.01. The van der Waals surface area contributed by atoms with E-state index in [2.05, 4.69) is 5.32 Å². The highest BCUT2D eigenvalue weighted by molar-refractivity contribution is 5.94. The zero-order valence-corrected chi connectivity index (χ0v) is 10.2. The fourth-order valence-corrected chi connectivity index (χ4v) is 2.13. The summed E-state index contributed by atoms with van der Waals surface area (Å²) in [6.07, 6.45) is 1.86. The van der Waals surface area contributed by atoms with Crippen molar-refractivity contribution in [2.24, 2.45) is 0 Å². The van der Waals surface area contributed by atoms with Gasteiger partial charge in [-0.2, -0.15) is 0 Å². The van der Waals surface area contributed by atoms with Crippen LogP contribution in [-0.2, 0) is 4.74 Å². The molecule has 0 aromatic heterocycles. The Kier molecular flexibility index (Phi) is 3.52. The van der Waals surface area contributed by atoms with Crippen molar-refractivity contribution < 1.29 is 19.0 Å². The second-order valence-electron chi connectivity index (χ2n) is 4.72. The fourth-order valence-electron chi connectivity index (χ4n) is 2.13. The number of rotatable bonds is 4. The third-order valence-electron chi connectivity index (χ3n) is 3.18. The maximum Gasteiger partial charge on any atom is 0.337 e. The predicted molar refractivity (Wildman–Crippen MR) is 65.4 cm³/mol. The number of carboxylic acids is 1. The normalized spacial score (nSPS) is 23.0. The molecule has 2 N–H and O–H groups in total. The molecular weight excluding hydrogens is 237 g/mol. The van der Waals surface area contributed by atoms with E-state index >= 15 is 0 Å². The van der Waals surface area contributed by atoms with Gasteiger partial charge in [-0.1, -0.05) is 6.07 Å². The monoisotopic (exact) mass is 253 g/mol. The van der Waals surface area contributed by atoms with Crippen LogP contribution in [0, 0.1) is 5.82 Å². The van der Waals surface area contributed by atoms with Crippen LogP contribution in [0.5, 0.6) is 0 Å². The molecule has 1 heterocycles. The number of halogens is 1. The number of carboxylic acid groups (broad SMARTS) is 1. The van der Waals surface area contributed by atoms with Crippen LogP contribution in [0.15, 0.2) is 18.2 Å². The van der Waals surface area contributed by atoms with E-state index in [4.69, 9.17) is 9.84 Å². The lowest BCUT2D eigenvalue weighted by atomic mass is 10.0. The summed E-state index contributed by atoms with van der Waals surface area (Å²) in [6.45, 7) is 3.03. The molecule has 0 aliphatic carbocycles. The van der Waals surface area contributed by atoms with Gasteiger partial charge < -0.3 is 15.2 Å². The Morgan fingerprint density at radius 2 is 2.39 bits per heavy atom. The van der Waals surface area contributed by atoms with Gasteiger partial charge in [0.15, 0.2) is 0 Å². The third kappa shape index (κ3) is 2.61. The minimum absolute atomic E-state index is 0.0294. The number of ether oxygens (including phenoxy) is 1. The molecule has 4 nitrogen and oxygen atoms in total. The topological polar surface area (TPSA) is 58.6 Å². The van der Waals surface area contributed by atoms with Gasteiger partial charge in [0.25, 0.3) is 0 Å². The molecule has 0 bridgehead atoms. The van der Waals surface area contributed by atoms with Crippen LogP contribution < -0.4 is 5.32 Å². The highest BCUT2D eigenvalue weighted by Gasteiger charge is 2.30. The van der Waals surface area contributed by atoms with E-state index in [1.165, 1.54) is 18.2 Å². The van der Waals surface area contributed by atoms with Crippen LogP contribution in [0.2, 0.25) is 0 Å². The Bertz CT molecular complexity index is 456. The number of carbonyl (C=O) groups is 1. The van der Waals surface area contributed by atoms with Crippen LogP contribution in [-0.4, -0.2) is 29.8 Å². The molecule has 1 aliphatic rings. The SMILES string of the molecule is CC1(CNc2c(F)cccc2C(=O)O)CCCO1. The van der Waals surface area contributed by atoms with Gasteiger partial charge in [0.1, 0.15) is 5.82 Å². The minimum Gasteiger partial charge on any atom is -0.478 e. The highest BCUT2D eigenvalue weighted by atomic mass is 19.1. The predicted octanol–water partition coefficient (Wildman–Crippen LogP) is 2.50.